The molecule has 1 fully saturated rings. The van der Waals surface area contributed by atoms with Crippen molar-refractivity contribution in [3.63, 3.8) is 0 Å². The molecule has 0 radical (unpaired) electrons. The molecule has 2 amide bonds. The molecular formula is C14H18ClFN2O2. The molecule has 3 N–H and O–H groups in total. The van der Waals surface area contributed by atoms with Crippen molar-refractivity contribution in [3.8, 4) is 0 Å². The molecule has 0 atom stereocenters. The highest BCUT2D eigenvalue weighted by molar-refractivity contribution is 6.30. The third kappa shape index (κ3) is 4.08. The molecule has 110 valence electrons. The first-order chi connectivity index (χ1) is 9.58. The predicted octanol–water partition coefficient (Wildman–Crippen LogP) is 3.15. The molecule has 0 bridgehead atoms. The van der Waals surface area contributed by atoms with Crippen molar-refractivity contribution in [1.29, 1.82) is 0 Å². The van der Waals surface area contributed by atoms with Crippen LogP contribution in [0.15, 0.2) is 18.2 Å². The average Bonchev–Trinajstić information content (AvgIpc) is 2.44. The first-order valence-electron chi connectivity index (χ1n) is 6.72. The first-order valence-corrected chi connectivity index (χ1v) is 7.09. The van der Waals surface area contributed by atoms with Gasteiger partial charge in [0, 0.05) is 18.3 Å². The van der Waals surface area contributed by atoms with Crippen LogP contribution in [0, 0.1) is 11.7 Å². The van der Waals surface area contributed by atoms with E-state index in [-0.39, 0.29) is 23.7 Å². The highest BCUT2D eigenvalue weighted by atomic mass is 35.5. The van der Waals surface area contributed by atoms with Crippen LogP contribution in [0.1, 0.15) is 25.7 Å². The molecule has 0 aromatic heterocycles. The number of anilines is 1. The third-order valence-electron chi connectivity index (χ3n) is 3.62. The number of amides is 2. The van der Waals surface area contributed by atoms with E-state index in [1.165, 1.54) is 12.1 Å². The standard InChI is InChI=1S/C14H18ClFN2O2/c15-12-6-5-11(7-13(12)16)18-14(20)17-10-3-1-9(8-19)2-4-10/h5-7,9-10,19H,1-4,8H2,(H2,17,18,20). The molecule has 0 saturated heterocycles. The Hall–Kier alpha value is -1.33. The van der Waals surface area contributed by atoms with Crippen molar-refractivity contribution in [2.45, 2.75) is 31.7 Å². The molecule has 1 aliphatic rings. The number of halogens is 2. The highest BCUT2D eigenvalue weighted by Gasteiger charge is 2.21. The van der Waals surface area contributed by atoms with Crippen LogP contribution in [0.3, 0.4) is 0 Å². The summed E-state index contributed by atoms with van der Waals surface area (Å²) in [4.78, 5) is 11.8. The highest BCUT2D eigenvalue weighted by Crippen LogP contribution is 2.24. The summed E-state index contributed by atoms with van der Waals surface area (Å²) in [5.41, 5.74) is 0.369. The van der Waals surface area contributed by atoms with Crippen LogP contribution >= 0.6 is 11.6 Å². The Morgan fingerprint density at radius 1 is 1.35 bits per heavy atom. The molecule has 20 heavy (non-hydrogen) atoms. The molecule has 0 aliphatic heterocycles. The number of aliphatic hydroxyl groups is 1. The van der Waals surface area contributed by atoms with Crippen LogP contribution in [-0.2, 0) is 0 Å². The monoisotopic (exact) mass is 300 g/mol. The van der Waals surface area contributed by atoms with Gasteiger partial charge in [-0.1, -0.05) is 11.6 Å². The van der Waals surface area contributed by atoms with Crippen LogP contribution in [0.2, 0.25) is 5.02 Å². The fourth-order valence-corrected chi connectivity index (χ4v) is 2.53. The average molecular weight is 301 g/mol. The summed E-state index contributed by atoms with van der Waals surface area (Å²) in [7, 11) is 0. The van der Waals surface area contributed by atoms with Crippen molar-refractivity contribution >= 4 is 23.3 Å². The maximum Gasteiger partial charge on any atom is 0.319 e. The van der Waals surface area contributed by atoms with Gasteiger partial charge in [0.25, 0.3) is 0 Å². The Labute approximate surface area is 122 Å². The maximum atomic E-state index is 13.2. The fourth-order valence-electron chi connectivity index (χ4n) is 2.42. The van der Waals surface area contributed by atoms with Crippen LogP contribution in [0.5, 0.6) is 0 Å². The second kappa shape index (κ2) is 6.90. The number of carbonyl (C=O) groups is 1. The topological polar surface area (TPSA) is 61.4 Å². The van der Waals surface area contributed by atoms with Gasteiger partial charge in [-0.05, 0) is 49.8 Å². The largest absolute Gasteiger partial charge is 0.396 e. The lowest BCUT2D eigenvalue weighted by Crippen LogP contribution is -2.40. The molecule has 6 heteroatoms. The van der Waals surface area contributed by atoms with Crippen LogP contribution in [-0.4, -0.2) is 23.8 Å². The quantitative estimate of drug-likeness (QED) is 0.803. The predicted molar refractivity (Wildman–Crippen MR) is 76.4 cm³/mol. The van der Waals surface area contributed by atoms with Gasteiger partial charge in [-0.15, -0.1) is 0 Å². The smallest absolute Gasteiger partial charge is 0.319 e. The number of urea groups is 1. The minimum Gasteiger partial charge on any atom is -0.396 e. The van der Waals surface area contributed by atoms with Gasteiger partial charge in [0.1, 0.15) is 5.82 Å². The Morgan fingerprint density at radius 2 is 2.05 bits per heavy atom. The molecule has 2 rings (SSSR count). The molecule has 0 heterocycles. The van der Waals surface area contributed by atoms with Gasteiger partial charge >= 0.3 is 6.03 Å². The summed E-state index contributed by atoms with van der Waals surface area (Å²) in [5, 5.41) is 14.5. The van der Waals surface area contributed by atoms with E-state index in [1.807, 2.05) is 0 Å². The van der Waals surface area contributed by atoms with Crippen molar-refractivity contribution in [2.75, 3.05) is 11.9 Å². The summed E-state index contributed by atoms with van der Waals surface area (Å²) in [6.45, 7) is 0.211. The number of rotatable bonds is 3. The molecule has 0 spiro atoms. The lowest BCUT2D eigenvalue weighted by atomic mass is 9.87. The zero-order chi connectivity index (χ0) is 14.5. The van der Waals surface area contributed by atoms with Gasteiger partial charge in [0.05, 0.1) is 5.02 Å². The Morgan fingerprint density at radius 3 is 2.65 bits per heavy atom. The van der Waals surface area contributed by atoms with Gasteiger partial charge in [-0.25, -0.2) is 9.18 Å². The third-order valence-corrected chi connectivity index (χ3v) is 3.92. The van der Waals surface area contributed by atoms with Crippen molar-refractivity contribution in [1.82, 2.24) is 5.32 Å². The number of carbonyl (C=O) groups excluding carboxylic acids is 1. The maximum absolute atomic E-state index is 13.2. The summed E-state index contributed by atoms with van der Waals surface area (Å²) in [5.74, 6) is -0.214. The molecule has 1 aromatic carbocycles. The first kappa shape index (κ1) is 15.1. The van der Waals surface area contributed by atoms with E-state index in [0.717, 1.165) is 25.7 Å². The fraction of sp³-hybridized carbons (Fsp3) is 0.500. The van der Waals surface area contributed by atoms with E-state index in [2.05, 4.69) is 10.6 Å². The van der Waals surface area contributed by atoms with Crippen LogP contribution in [0.25, 0.3) is 0 Å². The van der Waals surface area contributed by atoms with Crippen LogP contribution in [0.4, 0.5) is 14.9 Å². The normalized spacial score (nSPS) is 22.4. The Bertz CT molecular complexity index is 476. The van der Waals surface area contributed by atoms with E-state index in [0.29, 0.717) is 11.6 Å². The van der Waals surface area contributed by atoms with Gasteiger partial charge in [0.2, 0.25) is 0 Å². The van der Waals surface area contributed by atoms with Crippen molar-refractivity contribution in [3.05, 3.63) is 29.0 Å². The zero-order valence-electron chi connectivity index (χ0n) is 11.0. The molecule has 1 aromatic rings. The van der Waals surface area contributed by atoms with Crippen molar-refractivity contribution in [2.24, 2.45) is 5.92 Å². The summed E-state index contributed by atoms with van der Waals surface area (Å²) in [6, 6.07) is 3.89. The number of aliphatic hydroxyl groups excluding tert-OH is 1. The van der Waals surface area contributed by atoms with E-state index in [4.69, 9.17) is 16.7 Å². The van der Waals surface area contributed by atoms with E-state index in [9.17, 15) is 9.18 Å². The Balaban J connectivity index is 1.82. The van der Waals surface area contributed by atoms with E-state index < -0.39 is 5.82 Å². The van der Waals surface area contributed by atoms with Gasteiger partial charge in [-0.3, -0.25) is 0 Å². The summed E-state index contributed by atoms with van der Waals surface area (Å²) < 4.78 is 13.2. The minimum absolute atomic E-state index is 0.0262. The zero-order valence-corrected chi connectivity index (χ0v) is 11.8. The van der Waals surface area contributed by atoms with Crippen LogP contribution < -0.4 is 10.6 Å². The SMILES string of the molecule is O=C(Nc1ccc(Cl)c(F)c1)NC1CCC(CO)CC1. The second-order valence-corrected chi connectivity index (χ2v) is 5.53. The number of hydrogen-bond acceptors (Lipinski definition) is 2. The molecular weight excluding hydrogens is 283 g/mol. The lowest BCUT2D eigenvalue weighted by molar-refractivity contribution is 0.176. The van der Waals surface area contributed by atoms with Crippen molar-refractivity contribution < 1.29 is 14.3 Å². The van der Waals surface area contributed by atoms with E-state index in [1.54, 1.807) is 6.07 Å². The molecule has 1 saturated carbocycles. The second-order valence-electron chi connectivity index (χ2n) is 5.13. The summed E-state index contributed by atoms with van der Waals surface area (Å²) >= 11 is 5.58. The number of hydrogen-bond donors (Lipinski definition) is 3. The lowest BCUT2D eigenvalue weighted by Gasteiger charge is -2.27. The van der Waals surface area contributed by atoms with Gasteiger partial charge in [0.15, 0.2) is 0 Å². The van der Waals surface area contributed by atoms with Gasteiger partial charge in [-0.2, -0.15) is 0 Å². The molecule has 0 unspecified atom stereocenters. The number of benzene rings is 1. The molecule has 1 aliphatic carbocycles. The van der Waals surface area contributed by atoms with E-state index >= 15 is 0 Å². The minimum atomic E-state index is -0.562. The summed E-state index contributed by atoms with van der Waals surface area (Å²) in [6.07, 6.45) is 3.54. The number of nitrogens with one attached hydrogen (secondary N) is 2. The van der Waals surface area contributed by atoms with Gasteiger partial charge < -0.3 is 15.7 Å². The molecule has 4 nitrogen and oxygen atoms in total. The Kier molecular flexibility index (Phi) is 5.20.